The fourth-order valence-corrected chi connectivity index (χ4v) is 3.30. The van der Waals surface area contributed by atoms with Crippen molar-refractivity contribution < 1.29 is 4.79 Å². The number of carbonyl (C=O) groups excluding carboxylic acids is 1. The van der Waals surface area contributed by atoms with Crippen LogP contribution in [0, 0.1) is 0 Å². The minimum atomic E-state index is 0.255. The fourth-order valence-electron chi connectivity index (χ4n) is 3.04. The molecule has 2 rings (SSSR count). The predicted molar refractivity (Wildman–Crippen MR) is 90.9 cm³/mol. The molecule has 0 radical (unpaired) electrons. The Morgan fingerprint density at radius 2 is 2.05 bits per heavy atom. The van der Waals surface area contributed by atoms with Gasteiger partial charge in [-0.1, -0.05) is 28.1 Å². The van der Waals surface area contributed by atoms with E-state index in [1.807, 2.05) is 24.3 Å². The van der Waals surface area contributed by atoms with E-state index in [1.165, 1.54) is 19.4 Å². The minimum Gasteiger partial charge on any atom is -0.308 e. The van der Waals surface area contributed by atoms with Crippen LogP contribution < -0.4 is 0 Å². The maximum Gasteiger partial charge on any atom is 0.162 e. The topological polar surface area (TPSA) is 23.6 Å². The largest absolute Gasteiger partial charge is 0.308 e. The molecular formula is C17H25BrN2O. The van der Waals surface area contributed by atoms with E-state index in [9.17, 15) is 4.79 Å². The molecule has 1 unspecified atom stereocenters. The molecule has 1 fully saturated rings. The molecule has 0 aliphatic carbocycles. The third-order valence-electron chi connectivity index (χ3n) is 4.09. The molecule has 1 aromatic rings. The summed E-state index contributed by atoms with van der Waals surface area (Å²) in [6.07, 6.45) is 4.18. The Balaban J connectivity index is 1.76. The normalized spacial score (nSPS) is 19.3. The van der Waals surface area contributed by atoms with Gasteiger partial charge in [-0.25, -0.2) is 0 Å². The first-order valence-electron chi connectivity index (χ1n) is 7.74. The van der Waals surface area contributed by atoms with Gasteiger partial charge in [-0.3, -0.25) is 9.69 Å². The van der Waals surface area contributed by atoms with Crippen molar-refractivity contribution in [3.63, 3.8) is 0 Å². The van der Waals surface area contributed by atoms with E-state index >= 15 is 0 Å². The molecule has 0 N–H and O–H groups in total. The van der Waals surface area contributed by atoms with Crippen LogP contribution in [-0.2, 0) is 0 Å². The smallest absolute Gasteiger partial charge is 0.162 e. The SMILES string of the molecule is CN(C)CC1CCCN1CCCC(=O)c1ccc(Br)cc1. The van der Waals surface area contributed by atoms with Crippen LogP contribution >= 0.6 is 15.9 Å². The number of carbonyl (C=O) groups is 1. The van der Waals surface area contributed by atoms with Gasteiger partial charge in [0, 0.05) is 29.0 Å². The maximum atomic E-state index is 12.1. The number of likely N-dealkylation sites (tertiary alicyclic amines) is 1. The molecule has 1 aliphatic heterocycles. The third kappa shape index (κ3) is 5.20. The van der Waals surface area contributed by atoms with E-state index in [0.29, 0.717) is 12.5 Å². The summed E-state index contributed by atoms with van der Waals surface area (Å²) in [7, 11) is 4.26. The molecule has 1 aliphatic rings. The Labute approximate surface area is 136 Å². The van der Waals surface area contributed by atoms with E-state index < -0.39 is 0 Å². The van der Waals surface area contributed by atoms with Gasteiger partial charge in [-0.2, -0.15) is 0 Å². The Morgan fingerprint density at radius 1 is 1.33 bits per heavy atom. The van der Waals surface area contributed by atoms with Crippen LogP contribution in [-0.4, -0.2) is 55.4 Å². The standard InChI is InChI=1S/C17H25BrN2O/c1-19(2)13-16-5-3-11-20(16)12-4-6-17(21)14-7-9-15(18)10-8-14/h7-10,16H,3-6,11-13H2,1-2H3. The van der Waals surface area contributed by atoms with Crippen molar-refractivity contribution in [2.75, 3.05) is 33.7 Å². The number of Topliss-reactive ketones (excluding diaryl/α,β-unsaturated/α-hetero) is 1. The summed E-state index contributed by atoms with van der Waals surface area (Å²) in [6.45, 7) is 3.35. The molecule has 116 valence electrons. The lowest BCUT2D eigenvalue weighted by atomic mass is 10.1. The zero-order valence-electron chi connectivity index (χ0n) is 13.0. The Morgan fingerprint density at radius 3 is 2.71 bits per heavy atom. The first kappa shape index (κ1) is 16.7. The highest BCUT2D eigenvalue weighted by Gasteiger charge is 2.24. The van der Waals surface area contributed by atoms with Crippen LogP contribution in [0.25, 0.3) is 0 Å². The van der Waals surface area contributed by atoms with Crippen molar-refractivity contribution in [1.29, 1.82) is 0 Å². The van der Waals surface area contributed by atoms with Gasteiger partial charge in [-0.05, 0) is 58.6 Å². The molecule has 0 aromatic heterocycles. The van der Waals surface area contributed by atoms with Crippen LogP contribution in [0.2, 0.25) is 0 Å². The van der Waals surface area contributed by atoms with Gasteiger partial charge in [0.15, 0.2) is 5.78 Å². The zero-order valence-corrected chi connectivity index (χ0v) is 14.6. The van der Waals surface area contributed by atoms with Gasteiger partial charge in [0.25, 0.3) is 0 Å². The van der Waals surface area contributed by atoms with Crippen molar-refractivity contribution in [2.24, 2.45) is 0 Å². The molecule has 1 heterocycles. The summed E-state index contributed by atoms with van der Waals surface area (Å²) >= 11 is 3.40. The predicted octanol–water partition coefficient (Wildman–Crippen LogP) is 3.44. The highest BCUT2D eigenvalue weighted by atomic mass is 79.9. The average molecular weight is 353 g/mol. The third-order valence-corrected chi connectivity index (χ3v) is 4.62. The summed E-state index contributed by atoms with van der Waals surface area (Å²) in [5.74, 6) is 0.255. The molecule has 4 heteroatoms. The monoisotopic (exact) mass is 352 g/mol. The zero-order chi connectivity index (χ0) is 15.2. The Hall–Kier alpha value is -0.710. The molecule has 21 heavy (non-hydrogen) atoms. The van der Waals surface area contributed by atoms with E-state index in [-0.39, 0.29) is 5.78 Å². The van der Waals surface area contributed by atoms with E-state index in [2.05, 4.69) is 39.8 Å². The van der Waals surface area contributed by atoms with E-state index in [1.54, 1.807) is 0 Å². The first-order valence-corrected chi connectivity index (χ1v) is 8.53. The number of ketones is 1. The van der Waals surface area contributed by atoms with Crippen LogP contribution in [0.15, 0.2) is 28.7 Å². The summed E-state index contributed by atoms with van der Waals surface area (Å²) in [4.78, 5) is 17.0. The fraction of sp³-hybridized carbons (Fsp3) is 0.588. The Kier molecular flexibility index (Phi) is 6.40. The molecule has 1 aromatic carbocycles. The second kappa shape index (κ2) is 8.06. The van der Waals surface area contributed by atoms with Gasteiger partial charge >= 0.3 is 0 Å². The van der Waals surface area contributed by atoms with Crippen molar-refractivity contribution in [1.82, 2.24) is 9.80 Å². The average Bonchev–Trinajstić information content (AvgIpc) is 2.86. The van der Waals surface area contributed by atoms with Crippen LogP contribution in [0.5, 0.6) is 0 Å². The van der Waals surface area contributed by atoms with Crippen LogP contribution in [0.4, 0.5) is 0 Å². The number of hydrogen-bond acceptors (Lipinski definition) is 3. The maximum absolute atomic E-state index is 12.1. The number of halogens is 1. The van der Waals surface area contributed by atoms with Gasteiger partial charge in [0.1, 0.15) is 0 Å². The number of rotatable bonds is 7. The van der Waals surface area contributed by atoms with E-state index in [4.69, 9.17) is 0 Å². The summed E-state index contributed by atoms with van der Waals surface area (Å²) in [5.41, 5.74) is 0.824. The lowest BCUT2D eigenvalue weighted by molar-refractivity contribution is 0.0972. The highest BCUT2D eigenvalue weighted by molar-refractivity contribution is 9.10. The van der Waals surface area contributed by atoms with Gasteiger partial charge in [-0.15, -0.1) is 0 Å². The summed E-state index contributed by atoms with van der Waals surface area (Å²) in [6, 6.07) is 8.33. The second-order valence-electron chi connectivity index (χ2n) is 6.13. The highest BCUT2D eigenvalue weighted by Crippen LogP contribution is 2.19. The van der Waals surface area contributed by atoms with Gasteiger partial charge < -0.3 is 4.90 Å². The number of benzene rings is 1. The number of hydrogen-bond donors (Lipinski definition) is 0. The second-order valence-corrected chi connectivity index (χ2v) is 7.04. The lowest BCUT2D eigenvalue weighted by Crippen LogP contribution is -2.38. The number of likely N-dealkylation sites (N-methyl/N-ethyl adjacent to an activating group) is 1. The van der Waals surface area contributed by atoms with Gasteiger partial charge in [0.2, 0.25) is 0 Å². The van der Waals surface area contributed by atoms with Gasteiger partial charge in [0.05, 0.1) is 0 Å². The minimum absolute atomic E-state index is 0.255. The molecule has 0 amide bonds. The van der Waals surface area contributed by atoms with Crippen molar-refractivity contribution in [2.45, 2.75) is 31.7 Å². The molecular weight excluding hydrogens is 328 g/mol. The number of nitrogens with zero attached hydrogens (tertiary/aromatic N) is 2. The van der Waals surface area contributed by atoms with Crippen molar-refractivity contribution >= 4 is 21.7 Å². The lowest BCUT2D eigenvalue weighted by Gasteiger charge is -2.26. The van der Waals surface area contributed by atoms with Crippen LogP contribution in [0.1, 0.15) is 36.0 Å². The molecule has 1 atom stereocenters. The van der Waals surface area contributed by atoms with Crippen molar-refractivity contribution in [3.05, 3.63) is 34.3 Å². The summed E-state index contributed by atoms with van der Waals surface area (Å²) < 4.78 is 1.02. The van der Waals surface area contributed by atoms with Crippen molar-refractivity contribution in [3.8, 4) is 0 Å². The molecule has 0 saturated carbocycles. The molecule has 0 bridgehead atoms. The van der Waals surface area contributed by atoms with E-state index in [0.717, 1.165) is 29.5 Å². The molecule has 0 spiro atoms. The quantitative estimate of drug-likeness (QED) is 0.702. The molecule has 1 saturated heterocycles. The molecule has 3 nitrogen and oxygen atoms in total. The first-order chi connectivity index (χ1) is 10.1. The summed E-state index contributed by atoms with van der Waals surface area (Å²) in [5, 5.41) is 0. The Bertz CT molecular complexity index is 458. The van der Waals surface area contributed by atoms with Crippen LogP contribution in [0.3, 0.4) is 0 Å².